The number of halogens is 4. The Morgan fingerprint density at radius 2 is 1.78 bits per heavy atom. The van der Waals surface area contributed by atoms with Gasteiger partial charge < -0.3 is 4.90 Å². The minimum atomic E-state index is -2.00. The summed E-state index contributed by atoms with van der Waals surface area (Å²) in [6, 6.07) is 1.46. The van der Waals surface area contributed by atoms with Crippen LogP contribution in [0.5, 0.6) is 0 Å². The summed E-state index contributed by atoms with van der Waals surface area (Å²) in [5.74, 6) is -7.81. The van der Waals surface area contributed by atoms with Gasteiger partial charge in [-0.3, -0.25) is 4.79 Å². The Morgan fingerprint density at radius 1 is 1.09 bits per heavy atom. The average molecular weight is 325 g/mol. The van der Waals surface area contributed by atoms with Crippen LogP contribution < -0.4 is 0 Å². The van der Waals surface area contributed by atoms with Gasteiger partial charge in [-0.25, -0.2) is 27.5 Å². The highest BCUT2D eigenvalue weighted by molar-refractivity contribution is 5.95. The summed E-state index contributed by atoms with van der Waals surface area (Å²) in [5.41, 5.74) is -0.843. The first kappa shape index (κ1) is 15.4. The van der Waals surface area contributed by atoms with Crippen LogP contribution >= 0.6 is 0 Å². The maximum Gasteiger partial charge on any atom is 0.257 e. The largest absolute Gasteiger partial charge is 0.328 e. The number of hydrogen-bond acceptors (Lipinski definition) is 3. The summed E-state index contributed by atoms with van der Waals surface area (Å²) in [4.78, 5) is 21.8. The first-order valence-electron chi connectivity index (χ1n) is 6.91. The van der Waals surface area contributed by atoms with E-state index in [2.05, 4.69) is 9.97 Å². The lowest BCUT2D eigenvalue weighted by atomic mass is 10.1. The Hall–Kier alpha value is -2.51. The lowest BCUT2D eigenvalue weighted by Crippen LogP contribution is -2.32. The highest BCUT2D eigenvalue weighted by Gasteiger charge is 2.35. The molecule has 4 nitrogen and oxygen atoms in total. The Morgan fingerprint density at radius 3 is 2.48 bits per heavy atom. The third-order valence-corrected chi connectivity index (χ3v) is 3.73. The van der Waals surface area contributed by atoms with Crippen molar-refractivity contribution in [2.45, 2.75) is 18.9 Å². The standard InChI is InChI=1S/C15H11F4N3O/c16-9-7-8(11(17)13(19)12(9)18)15(23)22-6-1-3-10(22)14-20-4-2-5-21-14/h2,4-5,7,10H,1,3,6H2. The van der Waals surface area contributed by atoms with E-state index < -0.39 is 40.8 Å². The molecule has 1 aromatic heterocycles. The molecule has 2 aromatic rings. The monoisotopic (exact) mass is 325 g/mol. The molecule has 1 aliphatic rings. The Bertz CT molecular complexity index is 754. The zero-order chi connectivity index (χ0) is 16.6. The van der Waals surface area contributed by atoms with Crippen LogP contribution in [0.2, 0.25) is 0 Å². The number of benzene rings is 1. The van der Waals surface area contributed by atoms with Crippen LogP contribution in [0.1, 0.15) is 35.1 Å². The maximum absolute atomic E-state index is 13.8. The molecule has 0 spiro atoms. The molecular formula is C15H11F4N3O. The SMILES string of the molecule is O=C(c1cc(F)c(F)c(F)c1F)N1CCCC1c1ncccn1. The summed E-state index contributed by atoms with van der Waals surface area (Å²) >= 11 is 0. The number of carbonyl (C=O) groups excluding carboxylic acids is 1. The number of likely N-dealkylation sites (tertiary alicyclic amines) is 1. The predicted molar refractivity (Wildman–Crippen MR) is 71.3 cm³/mol. The second-order valence-electron chi connectivity index (χ2n) is 5.11. The second kappa shape index (κ2) is 5.94. The molecule has 0 N–H and O–H groups in total. The van der Waals surface area contributed by atoms with Crippen molar-refractivity contribution >= 4 is 5.91 Å². The number of amides is 1. The molecule has 1 unspecified atom stereocenters. The molecule has 120 valence electrons. The van der Waals surface area contributed by atoms with Gasteiger partial charge in [-0.1, -0.05) is 0 Å². The number of rotatable bonds is 2. The van der Waals surface area contributed by atoms with Crippen molar-refractivity contribution in [3.05, 3.63) is 59.2 Å². The first-order valence-corrected chi connectivity index (χ1v) is 6.91. The van der Waals surface area contributed by atoms with Gasteiger partial charge in [-0.05, 0) is 25.0 Å². The summed E-state index contributed by atoms with van der Waals surface area (Å²) in [5, 5.41) is 0. The highest BCUT2D eigenvalue weighted by Crippen LogP contribution is 2.32. The van der Waals surface area contributed by atoms with Gasteiger partial charge in [0.1, 0.15) is 0 Å². The molecule has 23 heavy (non-hydrogen) atoms. The second-order valence-corrected chi connectivity index (χ2v) is 5.11. The van der Waals surface area contributed by atoms with Crippen molar-refractivity contribution in [1.82, 2.24) is 14.9 Å². The van der Waals surface area contributed by atoms with Gasteiger partial charge >= 0.3 is 0 Å². The fraction of sp³-hybridized carbons (Fsp3) is 0.267. The topological polar surface area (TPSA) is 46.1 Å². The van der Waals surface area contributed by atoms with E-state index >= 15 is 0 Å². The number of aromatic nitrogens is 2. The molecule has 1 aliphatic heterocycles. The normalized spacial score (nSPS) is 17.6. The molecular weight excluding hydrogens is 314 g/mol. The average Bonchev–Trinajstić information content (AvgIpc) is 3.06. The lowest BCUT2D eigenvalue weighted by Gasteiger charge is -2.23. The molecule has 1 aromatic carbocycles. The van der Waals surface area contributed by atoms with E-state index in [1.807, 2.05) is 0 Å². The van der Waals surface area contributed by atoms with E-state index in [4.69, 9.17) is 0 Å². The summed E-state index contributed by atoms with van der Waals surface area (Å²) < 4.78 is 53.5. The van der Waals surface area contributed by atoms with E-state index in [1.165, 1.54) is 17.3 Å². The minimum absolute atomic E-state index is 0.266. The fourth-order valence-corrected chi connectivity index (χ4v) is 2.64. The summed E-state index contributed by atoms with van der Waals surface area (Å²) in [6.45, 7) is 0.266. The quantitative estimate of drug-likeness (QED) is 0.484. The molecule has 0 radical (unpaired) electrons. The van der Waals surface area contributed by atoms with Crippen molar-refractivity contribution in [3.63, 3.8) is 0 Å². The zero-order valence-corrected chi connectivity index (χ0v) is 11.8. The zero-order valence-electron chi connectivity index (χ0n) is 11.8. The molecule has 2 heterocycles. The van der Waals surface area contributed by atoms with Crippen LogP contribution in [-0.2, 0) is 0 Å². The molecule has 0 saturated carbocycles. The molecule has 3 rings (SSSR count). The van der Waals surface area contributed by atoms with E-state index in [-0.39, 0.29) is 6.54 Å². The van der Waals surface area contributed by atoms with Crippen molar-refractivity contribution < 1.29 is 22.4 Å². The first-order chi connectivity index (χ1) is 11.0. The molecule has 0 bridgehead atoms. The molecule has 1 atom stereocenters. The van der Waals surface area contributed by atoms with E-state index in [9.17, 15) is 22.4 Å². The fourth-order valence-electron chi connectivity index (χ4n) is 2.64. The van der Waals surface area contributed by atoms with Gasteiger partial charge in [0.25, 0.3) is 5.91 Å². The predicted octanol–water partition coefficient (Wildman–Crippen LogP) is 3.01. The van der Waals surface area contributed by atoms with Gasteiger partial charge in [0.2, 0.25) is 0 Å². The van der Waals surface area contributed by atoms with Crippen LogP contribution in [0.15, 0.2) is 24.5 Å². The van der Waals surface area contributed by atoms with Crippen LogP contribution in [0.3, 0.4) is 0 Å². The van der Waals surface area contributed by atoms with E-state index in [1.54, 1.807) is 6.07 Å². The maximum atomic E-state index is 13.8. The van der Waals surface area contributed by atoms with Crippen LogP contribution in [0.4, 0.5) is 17.6 Å². The van der Waals surface area contributed by atoms with Gasteiger partial charge in [-0.2, -0.15) is 0 Å². The van der Waals surface area contributed by atoms with E-state index in [0.29, 0.717) is 24.7 Å². The Kier molecular flexibility index (Phi) is 3.97. The minimum Gasteiger partial charge on any atom is -0.328 e. The highest BCUT2D eigenvalue weighted by atomic mass is 19.2. The van der Waals surface area contributed by atoms with Gasteiger partial charge in [-0.15, -0.1) is 0 Å². The molecule has 1 saturated heterocycles. The Balaban J connectivity index is 1.97. The lowest BCUT2D eigenvalue weighted by molar-refractivity contribution is 0.0722. The molecule has 8 heteroatoms. The third kappa shape index (κ3) is 2.64. The van der Waals surface area contributed by atoms with Crippen LogP contribution in [0, 0.1) is 23.3 Å². The third-order valence-electron chi connectivity index (χ3n) is 3.73. The summed E-state index contributed by atoms with van der Waals surface area (Å²) in [6.07, 6.45) is 4.16. The van der Waals surface area contributed by atoms with Crippen molar-refractivity contribution in [2.75, 3.05) is 6.54 Å². The smallest absolute Gasteiger partial charge is 0.257 e. The number of carbonyl (C=O) groups is 1. The van der Waals surface area contributed by atoms with Crippen LogP contribution in [0.25, 0.3) is 0 Å². The molecule has 0 aliphatic carbocycles. The number of nitrogens with zero attached hydrogens (tertiary/aromatic N) is 3. The van der Waals surface area contributed by atoms with Crippen molar-refractivity contribution in [1.29, 1.82) is 0 Å². The number of hydrogen-bond donors (Lipinski definition) is 0. The van der Waals surface area contributed by atoms with Gasteiger partial charge in [0.05, 0.1) is 11.6 Å². The van der Waals surface area contributed by atoms with Crippen molar-refractivity contribution in [2.24, 2.45) is 0 Å². The summed E-state index contributed by atoms with van der Waals surface area (Å²) in [7, 11) is 0. The van der Waals surface area contributed by atoms with Crippen molar-refractivity contribution in [3.8, 4) is 0 Å². The molecule has 1 fully saturated rings. The van der Waals surface area contributed by atoms with E-state index in [0.717, 1.165) is 0 Å². The Labute approximate surface area is 128 Å². The van der Waals surface area contributed by atoms with Gasteiger partial charge in [0, 0.05) is 18.9 Å². The van der Waals surface area contributed by atoms with Crippen LogP contribution in [-0.4, -0.2) is 27.3 Å². The molecule has 1 amide bonds. The van der Waals surface area contributed by atoms with Gasteiger partial charge in [0.15, 0.2) is 29.1 Å².